The molecule has 0 spiro atoms. The topological polar surface area (TPSA) is 64.0 Å². The predicted molar refractivity (Wildman–Crippen MR) is 139 cm³/mol. The van der Waals surface area contributed by atoms with Gasteiger partial charge in [-0.2, -0.15) is 5.26 Å². The first-order chi connectivity index (χ1) is 17.2. The average molecular weight is 470 g/mol. The minimum atomic E-state index is -0.217. The Bertz CT molecular complexity index is 1170. The molecular weight excluding hydrogens is 437 g/mol. The molecule has 6 heteroatoms. The molecule has 1 saturated carbocycles. The second kappa shape index (κ2) is 10.9. The van der Waals surface area contributed by atoms with Gasteiger partial charge in [-0.3, -0.25) is 0 Å². The van der Waals surface area contributed by atoms with Crippen LogP contribution in [0.5, 0.6) is 0 Å². The molecule has 1 aliphatic carbocycles. The van der Waals surface area contributed by atoms with Crippen molar-refractivity contribution in [2.75, 3.05) is 23.3 Å². The molecule has 1 aromatic heterocycles. The maximum absolute atomic E-state index is 14.3. The molecule has 0 radical (unpaired) electrons. The van der Waals surface area contributed by atoms with Gasteiger partial charge in [0.05, 0.1) is 11.6 Å². The van der Waals surface area contributed by atoms with E-state index in [9.17, 15) is 4.39 Å². The second-order valence-electron chi connectivity index (χ2n) is 9.66. The lowest BCUT2D eigenvalue weighted by atomic mass is 9.89. The maximum Gasteiger partial charge on any atom is 0.131 e. The van der Waals surface area contributed by atoms with E-state index in [1.807, 2.05) is 36.4 Å². The fourth-order valence-electron chi connectivity index (χ4n) is 5.46. The zero-order valence-corrected chi connectivity index (χ0v) is 20.0. The summed E-state index contributed by atoms with van der Waals surface area (Å²) in [5.41, 5.74) is 3.32. The number of piperidine rings is 1. The lowest BCUT2D eigenvalue weighted by molar-refractivity contribution is 0.293. The number of halogens is 1. The summed E-state index contributed by atoms with van der Waals surface area (Å²) in [5.74, 6) is 0.582. The number of nitrogens with one attached hydrogen (secondary N) is 2. The van der Waals surface area contributed by atoms with Crippen molar-refractivity contribution in [3.63, 3.8) is 0 Å². The second-order valence-corrected chi connectivity index (χ2v) is 9.66. The molecule has 2 heterocycles. The van der Waals surface area contributed by atoms with Crippen molar-refractivity contribution in [2.45, 2.75) is 56.7 Å². The van der Waals surface area contributed by atoms with E-state index >= 15 is 0 Å². The summed E-state index contributed by atoms with van der Waals surface area (Å²) in [5, 5.41) is 16.7. The number of benzene rings is 2. The van der Waals surface area contributed by atoms with Gasteiger partial charge >= 0.3 is 0 Å². The number of rotatable bonds is 6. The Labute approximate surface area is 207 Å². The molecule has 2 aromatic carbocycles. The van der Waals surface area contributed by atoms with Gasteiger partial charge in [-0.1, -0.05) is 31.0 Å². The number of pyridine rings is 1. The minimum Gasteiger partial charge on any atom is -0.370 e. The van der Waals surface area contributed by atoms with Gasteiger partial charge in [0.2, 0.25) is 0 Å². The Morgan fingerprint density at radius 2 is 1.74 bits per heavy atom. The van der Waals surface area contributed by atoms with E-state index in [0.29, 0.717) is 23.2 Å². The standard InChI is InChI=1S/C29H32FN5/c30-26-8-2-1-7-25(26)22-15-16-32-29(18-22)34-28-10-4-3-9-27(28)33-23-6-5-17-35(20-23)24-13-11-21(19-31)12-14-24/h1-2,7-8,11-16,18,23,27-28,33H,3-6,9-10,17,20H2,(H,32,34)/t23-,27+,28+/m0/s1. The fraction of sp³-hybridized carbons (Fsp3) is 0.379. The van der Waals surface area contributed by atoms with E-state index in [1.165, 1.54) is 24.6 Å². The van der Waals surface area contributed by atoms with Gasteiger partial charge in [-0.25, -0.2) is 9.37 Å². The highest BCUT2D eigenvalue weighted by Crippen LogP contribution is 2.28. The first-order valence-electron chi connectivity index (χ1n) is 12.7. The van der Waals surface area contributed by atoms with Crippen LogP contribution in [0.3, 0.4) is 0 Å². The molecule has 0 unspecified atom stereocenters. The van der Waals surface area contributed by atoms with Gasteiger partial charge in [0, 0.05) is 48.7 Å². The van der Waals surface area contributed by atoms with E-state index in [0.717, 1.165) is 50.2 Å². The summed E-state index contributed by atoms with van der Waals surface area (Å²) >= 11 is 0. The van der Waals surface area contributed by atoms with Crippen LogP contribution >= 0.6 is 0 Å². The highest BCUT2D eigenvalue weighted by molar-refractivity contribution is 5.66. The molecule has 35 heavy (non-hydrogen) atoms. The number of nitriles is 1. The number of hydrogen-bond donors (Lipinski definition) is 2. The van der Waals surface area contributed by atoms with Crippen LogP contribution in [0.15, 0.2) is 66.9 Å². The number of hydrogen-bond acceptors (Lipinski definition) is 5. The summed E-state index contributed by atoms with van der Waals surface area (Å²) in [6.45, 7) is 2.01. The summed E-state index contributed by atoms with van der Waals surface area (Å²) in [6.07, 6.45) is 8.72. The molecule has 1 saturated heterocycles. The van der Waals surface area contributed by atoms with Crippen molar-refractivity contribution < 1.29 is 4.39 Å². The third-order valence-corrected chi connectivity index (χ3v) is 7.28. The molecule has 180 valence electrons. The number of aromatic nitrogens is 1. The maximum atomic E-state index is 14.3. The Morgan fingerprint density at radius 3 is 2.54 bits per heavy atom. The van der Waals surface area contributed by atoms with E-state index in [-0.39, 0.29) is 11.9 Å². The molecule has 3 atom stereocenters. The van der Waals surface area contributed by atoms with Crippen LogP contribution in [0.2, 0.25) is 0 Å². The van der Waals surface area contributed by atoms with Gasteiger partial charge in [0.1, 0.15) is 11.6 Å². The molecule has 2 fully saturated rings. The smallest absolute Gasteiger partial charge is 0.131 e. The summed E-state index contributed by atoms with van der Waals surface area (Å²) < 4.78 is 14.3. The van der Waals surface area contributed by atoms with Gasteiger partial charge in [-0.05, 0) is 73.7 Å². The molecule has 2 N–H and O–H groups in total. The monoisotopic (exact) mass is 469 g/mol. The van der Waals surface area contributed by atoms with Gasteiger partial charge in [-0.15, -0.1) is 0 Å². The third-order valence-electron chi connectivity index (χ3n) is 7.28. The molecule has 5 rings (SSSR count). The minimum absolute atomic E-state index is 0.217. The van der Waals surface area contributed by atoms with Gasteiger partial charge in [0.25, 0.3) is 0 Å². The Kier molecular flexibility index (Phi) is 7.25. The molecule has 1 aliphatic heterocycles. The lowest BCUT2D eigenvalue weighted by Crippen LogP contribution is -2.54. The molecule has 0 amide bonds. The van der Waals surface area contributed by atoms with Crippen molar-refractivity contribution in [2.24, 2.45) is 0 Å². The molecule has 0 bridgehead atoms. The van der Waals surface area contributed by atoms with Crippen molar-refractivity contribution in [1.29, 1.82) is 5.26 Å². The Balaban J connectivity index is 1.25. The zero-order valence-electron chi connectivity index (χ0n) is 20.0. The summed E-state index contributed by atoms with van der Waals surface area (Å²) in [4.78, 5) is 6.97. The van der Waals surface area contributed by atoms with Crippen molar-refractivity contribution >= 4 is 11.5 Å². The van der Waals surface area contributed by atoms with Crippen molar-refractivity contribution in [1.82, 2.24) is 10.3 Å². The van der Waals surface area contributed by atoms with Crippen LogP contribution in [0, 0.1) is 17.1 Å². The first-order valence-corrected chi connectivity index (χ1v) is 12.7. The highest BCUT2D eigenvalue weighted by Gasteiger charge is 2.29. The first kappa shape index (κ1) is 23.3. The van der Waals surface area contributed by atoms with Crippen LogP contribution < -0.4 is 15.5 Å². The molecule has 3 aromatic rings. The predicted octanol–water partition coefficient (Wildman–Crippen LogP) is 5.74. The third kappa shape index (κ3) is 5.63. The average Bonchev–Trinajstić information content (AvgIpc) is 2.90. The van der Waals surface area contributed by atoms with Crippen LogP contribution in [-0.4, -0.2) is 36.2 Å². The molecule has 2 aliphatic rings. The molecular formula is C29H32FN5. The van der Waals surface area contributed by atoms with E-state index in [4.69, 9.17) is 5.26 Å². The van der Waals surface area contributed by atoms with Gasteiger partial charge in [0.15, 0.2) is 0 Å². The Hall–Kier alpha value is -3.43. The number of anilines is 2. The van der Waals surface area contributed by atoms with Gasteiger partial charge < -0.3 is 15.5 Å². The van der Waals surface area contributed by atoms with E-state index in [1.54, 1.807) is 12.3 Å². The van der Waals surface area contributed by atoms with Crippen LogP contribution in [0.4, 0.5) is 15.9 Å². The largest absolute Gasteiger partial charge is 0.370 e. The zero-order chi connectivity index (χ0) is 24.0. The van der Waals surface area contributed by atoms with Crippen LogP contribution in [0.25, 0.3) is 11.1 Å². The fourth-order valence-corrected chi connectivity index (χ4v) is 5.46. The quantitative estimate of drug-likeness (QED) is 0.482. The lowest BCUT2D eigenvalue weighted by Gasteiger charge is -2.40. The summed E-state index contributed by atoms with van der Waals surface area (Å²) in [6, 6.07) is 21.9. The van der Waals surface area contributed by atoms with Crippen LogP contribution in [-0.2, 0) is 0 Å². The van der Waals surface area contributed by atoms with Crippen molar-refractivity contribution in [3.05, 3.63) is 78.2 Å². The summed E-state index contributed by atoms with van der Waals surface area (Å²) in [7, 11) is 0. The number of nitrogens with zero attached hydrogens (tertiary/aromatic N) is 3. The van der Waals surface area contributed by atoms with E-state index < -0.39 is 0 Å². The van der Waals surface area contributed by atoms with E-state index in [2.05, 4.69) is 38.7 Å². The van der Waals surface area contributed by atoms with Crippen molar-refractivity contribution in [3.8, 4) is 17.2 Å². The highest BCUT2D eigenvalue weighted by atomic mass is 19.1. The normalized spacial score (nSPS) is 22.4. The van der Waals surface area contributed by atoms with Crippen LogP contribution in [0.1, 0.15) is 44.1 Å². The molecule has 5 nitrogen and oxygen atoms in total. The Morgan fingerprint density at radius 1 is 0.943 bits per heavy atom. The SMILES string of the molecule is N#Cc1ccc(N2CCC[C@H](N[C@@H]3CCCC[C@H]3Nc3cc(-c4ccccc4F)ccn3)C2)cc1.